The minimum atomic E-state index is 0.110. The van der Waals surface area contributed by atoms with Gasteiger partial charge in [0, 0.05) is 37.3 Å². The van der Waals surface area contributed by atoms with Crippen molar-refractivity contribution in [2.75, 3.05) is 79.0 Å². The third kappa shape index (κ3) is 10.8. The Bertz CT molecular complexity index is 321. The molecular weight excluding hydrogens is 332 g/mol. The number of hydrogen-bond acceptors (Lipinski definition) is 6. The second kappa shape index (κ2) is 12.3. The zero-order chi connectivity index (χ0) is 19.5. The molecule has 0 unspecified atom stereocenters. The lowest BCUT2D eigenvalue weighted by molar-refractivity contribution is -0.0152. The molecule has 1 aliphatic rings. The fourth-order valence-corrected chi connectivity index (χ4v) is 2.91. The van der Waals surface area contributed by atoms with Gasteiger partial charge in [0.2, 0.25) is 0 Å². The van der Waals surface area contributed by atoms with Crippen LogP contribution in [0.4, 0.5) is 0 Å². The van der Waals surface area contributed by atoms with Gasteiger partial charge < -0.3 is 18.9 Å². The first-order valence-corrected chi connectivity index (χ1v) is 10.0. The van der Waals surface area contributed by atoms with Crippen molar-refractivity contribution < 1.29 is 18.9 Å². The van der Waals surface area contributed by atoms with Gasteiger partial charge in [-0.1, -0.05) is 0 Å². The predicted octanol–water partition coefficient (Wildman–Crippen LogP) is 2.27. The molecule has 0 aliphatic carbocycles. The van der Waals surface area contributed by atoms with Crippen LogP contribution in [-0.4, -0.2) is 99.9 Å². The summed E-state index contributed by atoms with van der Waals surface area (Å²) in [6.07, 6.45) is 0. The summed E-state index contributed by atoms with van der Waals surface area (Å²) in [5.74, 6) is 0. The van der Waals surface area contributed by atoms with Crippen LogP contribution in [0.25, 0.3) is 0 Å². The van der Waals surface area contributed by atoms with Gasteiger partial charge in [-0.25, -0.2) is 0 Å². The molecule has 1 aliphatic heterocycles. The van der Waals surface area contributed by atoms with Crippen LogP contribution in [0.15, 0.2) is 0 Å². The maximum Gasteiger partial charge on any atom is 0.0701 e. The molecule has 1 saturated heterocycles. The molecular formula is C20H42N2O4. The molecule has 0 saturated carbocycles. The monoisotopic (exact) mass is 374 g/mol. The Morgan fingerprint density at radius 1 is 0.423 bits per heavy atom. The van der Waals surface area contributed by atoms with Gasteiger partial charge in [-0.2, -0.15) is 0 Å². The van der Waals surface area contributed by atoms with Crippen LogP contribution < -0.4 is 0 Å². The molecule has 156 valence electrons. The second-order valence-corrected chi connectivity index (χ2v) is 8.77. The van der Waals surface area contributed by atoms with Crippen molar-refractivity contribution >= 4 is 0 Å². The predicted molar refractivity (Wildman–Crippen MR) is 106 cm³/mol. The minimum absolute atomic E-state index is 0.110. The summed E-state index contributed by atoms with van der Waals surface area (Å²) in [5.41, 5.74) is 0.220. The fraction of sp³-hybridized carbons (Fsp3) is 1.00. The Kier molecular flexibility index (Phi) is 11.2. The lowest BCUT2D eigenvalue weighted by Crippen LogP contribution is -2.46. The highest BCUT2D eigenvalue weighted by atomic mass is 16.5. The summed E-state index contributed by atoms with van der Waals surface area (Å²) in [7, 11) is 0. The lowest BCUT2D eigenvalue weighted by atomic mass is 10.1. The molecule has 0 spiro atoms. The number of rotatable bonds is 0. The molecule has 0 amide bonds. The summed E-state index contributed by atoms with van der Waals surface area (Å²) in [6, 6.07) is 0. The highest BCUT2D eigenvalue weighted by molar-refractivity contribution is 4.77. The smallest absolute Gasteiger partial charge is 0.0701 e. The molecule has 0 N–H and O–H groups in total. The van der Waals surface area contributed by atoms with Crippen LogP contribution in [0.2, 0.25) is 0 Å². The maximum absolute atomic E-state index is 5.94. The fourth-order valence-electron chi connectivity index (χ4n) is 2.91. The number of nitrogens with zero attached hydrogens (tertiary/aromatic N) is 2. The summed E-state index contributed by atoms with van der Waals surface area (Å²) >= 11 is 0. The third-order valence-electron chi connectivity index (χ3n) is 4.66. The molecule has 1 fully saturated rings. The van der Waals surface area contributed by atoms with E-state index in [1.165, 1.54) is 0 Å². The van der Waals surface area contributed by atoms with Crippen molar-refractivity contribution in [1.82, 2.24) is 9.80 Å². The van der Waals surface area contributed by atoms with E-state index >= 15 is 0 Å². The van der Waals surface area contributed by atoms with Crippen LogP contribution in [0.5, 0.6) is 0 Å². The maximum atomic E-state index is 5.94. The van der Waals surface area contributed by atoms with Gasteiger partial charge in [-0.15, -0.1) is 0 Å². The van der Waals surface area contributed by atoms with E-state index in [0.717, 1.165) is 52.6 Å². The van der Waals surface area contributed by atoms with E-state index < -0.39 is 0 Å². The molecule has 26 heavy (non-hydrogen) atoms. The van der Waals surface area contributed by atoms with Gasteiger partial charge in [0.15, 0.2) is 0 Å². The molecule has 0 atom stereocenters. The van der Waals surface area contributed by atoms with Crippen molar-refractivity contribution in [3.63, 3.8) is 0 Å². The van der Waals surface area contributed by atoms with Crippen LogP contribution >= 0.6 is 0 Å². The molecule has 0 aromatic rings. The number of ether oxygens (including phenoxy) is 4. The first-order valence-electron chi connectivity index (χ1n) is 10.0. The van der Waals surface area contributed by atoms with Gasteiger partial charge in [0.25, 0.3) is 0 Å². The van der Waals surface area contributed by atoms with Gasteiger partial charge in [-0.3, -0.25) is 9.80 Å². The summed E-state index contributed by atoms with van der Waals surface area (Å²) < 4.78 is 22.9. The second-order valence-electron chi connectivity index (χ2n) is 8.77. The van der Waals surface area contributed by atoms with Gasteiger partial charge >= 0.3 is 0 Å². The number of hydrogen-bond donors (Lipinski definition) is 0. The van der Waals surface area contributed by atoms with Gasteiger partial charge in [0.1, 0.15) is 0 Å². The molecule has 0 aromatic heterocycles. The largest absolute Gasteiger partial charge is 0.379 e. The normalized spacial score (nSPS) is 23.3. The topological polar surface area (TPSA) is 43.4 Å². The standard InChI is InChI=1S/C20H42N2O4/c1-19(2,3)21-7-11-23-12-8-22(20(4,5)6)10-14-25-16-18-26-17-15-24-13-9-21/h7-18H2,1-6H3. The summed E-state index contributed by atoms with van der Waals surface area (Å²) in [4.78, 5) is 4.85. The Balaban J connectivity index is 2.53. The average molecular weight is 375 g/mol. The van der Waals surface area contributed by atoms with E-state index in [1.54, 1.807) is 0 Å². The molecule has 6 nitrogen and oxygen atoms in total. The van der Waals surface area contributed by atoms with Gasteiger partial charge in [-0.05, 0) is 41.5 Å². The Morgan fingerprint density at radius 3 is 0.923 bits per heavy atom. The van der Waals surface area contributed by atoms with Gasteiger partial charge in [0.05, 0.1) is 52.9 Å². The highest BCUT2D eigenvalue weighted by Gasteiger charge is 2.22. The zero-order valence-corrected chi connectivity index (χ0v) is 18.0. The van der Waals surface area contributed by atoms with Crippen molar-refractivity contribution in [1.29, 1.82) is 0 Å². The Hall–Kier alpha value is -0.240. The van der Waals surface area contributed by atoms with Crippen LogP contribution in [0, 0.1) is 0 Å². The van der Waals surface area contributed by atoms with Crippen molar-refractivity contribution in [2.45, 2.75) is 52.6 Å². The zero-order valence-electron chi connectivity index (χ0n) is 18.0. The minimum Gasteiger partial charge on any atom is -0.379 e. The van der Waals surface area contributed by atoms with E-state index in [-0.39, 0.29) is 11.1 Å². The van der Waals surface area contributed by atoms with Crippen molar-refractivity contribution in [2.24, 2.45) is 0 Å². The summed E-state index contributed by atoms with van der Waals surface area (Å²) in [6.45, 7) is 22.5. The molecule has 1 rings (SSSR count). The molecule has 0 bridgehead atoms. The van der Waals surface area contributed by atoms with E-state index in [4.69, 9.17) is 18.9 Å². The van der Waals surface area contributed by atoms with E-state index in [2.05, 4.69) is 51.3 Å². The van der Waals surface area contributed by atoms with Crippen LogP contribution in [0.3, 0.4) is 0 Å². The SMILES string of the molecule is CC(C)(C)N1CCOCCOCCOCCN(C(C)(C)C)CCOCC1. The average Bonchev–Trinajstić information content (AvgIpc) is 2.52. The van der Waals surface area contributed by atoms with E-state index in [0.29, 0.717) is 26.4 Å². The van der Waals surface area contributed by atoms with E-state index in [9.17, 15) is 0 Å². The quantitative estimate of drug-likeness (QED) is 0.648. The van der Waals surface area contributed by atoms with Crippen molar-refractivity contribution in [3.8, 4) is 0 Å². The molecule has 6 heteroatoms. The Morgan fingerprint density at radius 2 is 0.654 bits per heavy atom. The van der Waals surface area contributed by atoms with Crippen LogP contribution in [-0.2, 0) is 18.9 Å². The lowest BCUT2D eigenvalue weighted by Gasteiger charge is -2.36. The molecule has 0 radical (unpaired) electrons. The van der Waals surface area contributed by atoms with E-state index in [1.807, 2.05) is 0 Å². The molecule has 1 heterocycles. The summed E-state index contributed by atoms with van der Waals surface area (Å²) in [5, 5.41) is 0. The first-order chi connectivity index (χ1) is 12.2. The van der Waals surface area contributed by atoms with Crippen molar-refractivity contribution in [3.05, 3.63) is 0 Å². The third-order valence-corrected chi connectivity index (χ3v) is 4.66. The molecule has 0 aromatic carbocycles. The Labute approximate surface area is 161 Å². The first kappa shape index (κ1) is 23.8. The van der Waals surface area contributed by atoms with Crippen LogP contribution in [0.1, 0.15) is 41.5 Å². The highest BCUT2D eigenvalue weighted by Crippen LogP contribution is 2.14.